The van der Waals surface area contributed by atoms with E-state index in [9.17, 15) is 9.59 Å². The molecule has 1 aliphatic rings. The van der Waals surface area contributed by atoms with Crippen molar-refractivity contribution >= 4 is 11.6 Å². The second kappa shape index (κ2) is 5.26. The number of rotatable bonds is 2. The number of amides is 1. The molecule has 6 heteroatoms. The standard InChI is InChI=1S/C14H14N4O2/c19-13-8-16-12(7-17-13)14(20)18-11-3-1-2-9-4-5-15-6-10(9)11/h1-3,7-8,15H,4-6H2,(H,17,19)(H,18,20). The predicted octanol–water partition coefficient (Wildman–Crippen LogP) is 0.668. The third-order valence-electron chi connectivity index (χ3n) is 3.30. The summed E-state index contributed by atoms with van der Waals surface area (Å²) in [5.41, 5.74) is 2.99. The Hall–Kier alpha value is -2.47. The summed E-state index contributed by atoms with van der Waals surface area (Å²) in [6.45, 7) is 1.69. The number of fused-ring (bicyclic) bond motifs is 1. The zero-order valence-corrected chi connectivity index (χ0v) is 10.8. The number of benzene rings is 1. The minimum absolute atomic E-state index is 0.186. The maximum atomic E-state index is 12.1. The zero-order valence-electron chi connectivity index (χ0n) is 10.8. The van der Waals surface area contributed by atoms with Gasteiger partial charge in [0.1, 0.15) is 5.69 Å². The number of aromatic amines is 1. The number of carbonyl (C=O) groups is 1. The van der Waals surface area contributed by atoms with Crippen molar-refractivity contribution in [3.05, 3.63) is 57.8 Å². The second-order valence-corrected chi connectivity index (χ2v) is 4.62. The Labute approximate surface area is 115 Å². The highest BCUT2D eigenvalue weighted by atomic mass is 16.2. The van der Waals surface area contributed by atoms with E-state index in [0.29, 0.717) is 0 Å². The molecule has 20 heavy (non-hydrogen) atoms. The lowest BCUT2D eigenvalue weighted by Gasteiger charge is -2.20. The molecule has 6 nitrogen and oxygen atoms in total. The molecule has 0 radical (unpaired) electrons. The van der Waals surface area contributed by atoms with Crippen LogP contribution in [-0.4, -0.2) is 22.4 Å². The Morgan fingerprint density at radius 2 is 2.25 bits per heavy atom. The molecule has 2 heterocycles. The first-order valence-corrected chi connectivity index (χ1v) is 6.41. The van der Waals surface area contributed by atoms with Crippen molar-refractivity contribution in [3.63, 3.8) is 0 Å². The fraction of sp³-hybridized carbons (Fsp3) is 0.214. The van der Waals surface area contributed by atoms with Crippen LogP contribution in [0.5, 0.6) is 0 Å². The van der Waals surface area contributed by atoms with Crippen LogP contribution in [0.2, 0.25) is 0 Å². The molecule has 1 amide bonds. The third-order valence-corrected chi connectivity index (χ3v) is 3.30. The van der Waals surface area contributed by atoms with Crippen LogP contribution in [0.25, 0.3) is 0 Å². The summed E-state index contributed by atoms with van der Waals surface area (Å²) in [5, 5.41) is 6.13. The lowest BCUT2D eigenvalue weighted by molar-refractivity contribution is 0.102. The molecular weight excluding hydrogens is 256 g/mol. The quantitative estimate of drug-likeness (QED) is 0.748. The fourth-order valence-corrected chi connectivity index (χ4v) is 2.28. The first kappa shape index (κ1) is 12.6. The van der Waals surface area contributed by atoms with Crippen molar-refractivity contribution < 1.29 is 4.79 Å². The van der Waals surface area contributed by atoms with Gasteiger partial charge in [-0.1, -0.05) is 12.1 Å². The lowest BCUT2D eigenvalue weighted by Crippen LogP contribution is -2.26. The normalized spacial score (nSPS) is 13.6. The molecule has 1 aromatic heterocycles. The van der Waals surface area contributed by atoms with Gasteiger partial charge in [-0.25, -0.2) is 4.98 Å². The highest BCUT2D eigenvalue weighted by molar-refractivity contribution is 6.03. The van der Waals surface area contributed by atoms with E-state index in [1.54, 1.807) is 0 Å². The van der Waals surface area contributed by atoms with Gasteiger partial charge in [0.15, 0.2) is 0 Å². The molecule has 0 fully saturated rings. The van der Waals surface area contributed by atoms with E-state index in [-0.39, 0.29) is 17.2 Å². The van der Waals surface area contributed by atoms with E-state index in [0.717, 1.165) is 37.0 Å². The molecule has 3 rings (SSSR count). The molecule has 0 saturated carbocycles. The van der Waals surface area contributed by atoms with Gasteiger partial charge in [0.05, 0.1) is 6.20 Å². The first-order chi connectivity index (χ1) is 9.74. The zero-order chi connectivity index (χ0) is 13.9. The monoisotopic (exact) mass is 270 g/mol. The molecule has 0 saturated heterocycles. The minimum atomic E-state index is -0.333. The van der Waals surface area contributed by atoms with Crippen LogP contribution in [0.15, 0.2) is 35.4 Å². The summed E-state index contributed by atoms with van der Waals surface area (Å²) in [5.74, 6) is -0.333. The molecule has 1 aromatic carbocycles. The lowest BCUT2D eigenvalue weighted by atomic mass is 9.99. The van der Waals surface area contributed by atoms with Gasteiger partial charge in [-0.15, -0.1) is 0 Å². The number of carbonyl (C=O) groups excluding carboxylic acids is 1. The van der Waals surface area contributed by atoms with Crippen LogP contribution in [0.1, 0.15) is 21.6 Å². The number of hydrogen-bond acceptors (Lipinski definition) is 4. The third kappa shape index (κ3) is 2.46. The summed E-state index contributed by atoms with van der Waals surface area (Å²) in [6, 6.07) is 5.87. The fourth-order valence-electron chi connectivity index (χ4n) is 2.28. The molecule has 1 aliphatic heterocycles. The van der Waals surface area contributed by atoms with Crippen molar-refractivity contribution in [3.8, 4) is 0 Å². The molecule has 102 valence electrons. The van der Waals surface area contributed by atoms with Crippen LogP contribution >= 0.6 is 0 Å². The molecule has 0 aliphatic carbocycles. The van der Waals surface area contributed by atoms with Gasteiger partial charge < -0.3 is 15.6 Å². The van der Waals surface area contributed by atoms with Gasteiger partial charge in [0.25, 0.3) is 11.5 Å². The Bertz CT molecular complexity index is 688. The van der Waals surface area contributed by atoms with E-state index < -0.39 is 0 Å². The van der Waals surface area contributed by atoms with Crippen molar-refractivity contribution in [2.24, 2.45) is 0 Å². The van der Waals surface area contributed by atoms with E-state index in [1.165, 1.54) is 11.8 Å². The summed E-state index contributed by atoms with van der Waals surface area (Å²) in [4.78, 5) is 29.3. The van der Waals surface area contributed by atoms with Crippen molar-refractivity contribution in [1.82, 2.24) is 15.3 Å². The average molecular weight is 270 g/mol. The number of H-pyrrole nitrogens is 1. The van der Waals surface area contributed by atoms with Crippen LogP contribution < -0.4 is 16.2 Å². The van der Waals surface area contributed by atoms with Crippen LogP contribution in [-0.2, 0) is 13.0 Å². The topological polar surface area (TPSA) is 86.9 Å². The maximum absolute atomic E-state index is 12.1. The van der Waals surface area contributed by atoms with E-state index in [2.05, 4.69) is 26.7 Å². The van der Waals surface area contributed by atoms with Gasteiger partial charge in [-0.2, -0.15) is 0 Å². The van der Waals surface area contributed by atoms with Gasteiger partial charge in [0, 0.05) is 18.4 Å². The minimum Gasteiger partial charge on any atom is -0.325 e. The molecule has 0 spiro atoms. The molecule has 3 N–H and O–H groups in total. The van der Waals surface area contributed by atoms with Gasteiger partial charge in [-0.3, -0.25) is 9.59 Å². The average Bonchev–Trinajstić information content (AvgIpc) is 2.48. The summed E-state index contributed by atoms with van der Waals surface area (Å²) >= 11 is 0. The van der Waals surface area contributed by atoms with Gasteiger partial charge in [-0.05, 0) is 30.2 Å². The summed E-state index contributed by atoms with van der Waals surface area (Å²) < 4.78 is 0. The number of aromatic nitrogens is 2. The van der Waals surface area contributed by atoms with Gasteiger partial charge in [0.2, 0.25) is 0 Å². The number of nitrogens with one attached hydrogen (secondary N) is 3. The van der Waals surface area contributed by atoms with E-state index in [4.69, 9.17) is 0 Å². The molecule has 0 atom stereocenters. The van der Waals surface area contributed by atoms with Crippen LogP contribution in [0.4, 0.5) is 5.69 Å². The predicted molar refractivity (Wildman–Crippen MR) is 74.7 cm³/mol. The molecule has 0 bridgehead atoms. The molecular formula is C14H14N4O2. The Kier molecular flexibility index (Phi) is 3.30. The molecule has 2 aromatic rings. The smallest absolute Gasteiger partial charge is 0.275 e. The summed E-state index contributed by atoms with van der Waals surface area (Å²) in [7, 11) is 0. The van der Waals surface area contributed by atoms with Crippen molar-refractivity contribution in [2.45, 2.75) is 13.0 Å². The second-order valence-electron chi connectivity index (χ2n) is 4.62. The van der Waals surface area contributed by atoms with Gasteiger partial charge >= 0.3 is 0 Å². The largest absolute Gasteiger partial charge is 0.325 e. The number of nitrogens with zero attached hydrogens (tertiary/aromatic N) is 1. The Balaban J connectivity index is 1.86. The van der Waals surface area contributed by atoms with E-state index >= 15 is 0 Å². The highest BCUT2D eigenvalue weighted by Gasteiger charge is 2.15. The van der Waals surface area contributed by atoms with Crippen molar-refractivity contribution in [2.75, 3.05) is 11.9 Å². The Morgan fingerprint density at radius 1 is 1.35 bits per heavy atom. The Morgan fingerprint density at radius 3 is 3.05 bits per heavy atom. The van der Waals surface area contributed by atoms with Crippen molar-refractivity contribution in [1.29, 1.82) is 0 Å². The number of anilines is 1. The van der Waals surface area contributed by atoms with Crippen LogP contribution in [0.3, 0.4) is 0 Å². The highest BCUT2D eigenvalue weighted by Crippen LogP contribution is 2.23. The summed E-state index contributed by atoms with van der Waals surface area (Å²) in [6.07, 6.45) is 3.36. The number of hydrogen-bond donors (Lipinski definition) is 3. The SMILES string of the molecule is O=C(Nc1cccc2c1CNCC2)c1c[nH]c(=O)cn1. The first-order valence-electron chi connectivity index (χ1n) is 6.41. The van der Waals surface area contributed by atoms with Crippen LogP contribution in [0, 0.1) is 0 Å². The maximum Gasteiger partial charge on any atom is 0.275 e. The van der Waals surface area contributed by atoms with E-state index in [1.807, 2.05) is 12.1 Å². The molecule has 0 unspecified atom stereocenters.